The van der Waals surface area contributed by atoms with Crippen LogP contribution in [0.4, 0.5) is 0 Å². The second-order valence-electron chi connectivity index (χ2n) is 3.56. The molecular weight excluding hydrogens is 140 g/mol. The first-order valence-electron chi connectivity index (χ1n) is 4.65. The van der Waals surface area contributed by atoms with Crippen molar-refractivity contribution in [3.63, 3.8) is 0 Å². The Morgan fingerprint density at radius 1 is 1.09 bits per heavy atom. The van der Waals surface area contributed by atoms with Gasteiger partial charge in [-0.15, -0.1) is 0 Å². The summed E-state index contributed by atoms with van der Waals surface area (Å²) in [6.45, 7) is 0. The molecule has 0 bridgehead atoms. The van der Waals surface area contributed by atoms with Crippen LogP contribution in [0.1, 0.15) is 44.9 Å². The zero-order valence-electron chi connectivity index (χ0n) is 7.00. The normalized spacial score (nSPS) is 21.0. The first kappa shape index (κ1) is 9.01. The molecule has 0 spiro atoms. The Morgan fingerprint density at radius 3 is 2.27 bits per heavy atom. The Bertz CT molecular complexity index is 95.7. The van der Waals surface area contributed by atoms with Crippen molar-refractivity contribution < 1.29 is 10.2 Å². The summed E-state index contributed by atoms with van der Waals surface area (Å²) in [6.07, 6.45) is 7.12. The smallest absolute Gasteiger partial charge is 0.151 e. The van der Waals surface area contributed by atoms with Crippen LogP contribution in [-0.2, 0) is 0 Å². The predicted molar refractivity (Wildman–Crippen MR) is 44.0 cm³/mol. The zero-order chi connectivity index (χ0) is 8.10. The summed E-state index contributed by atoms with van der Waals surface area (Å²) in [6, 6.07) is 0. The van der Waals surface area contributed by atoms with Crippen molar-refractivity contribution in [2.45, 2.75) is 51.2 Å². The lowest BCUT2D eigenvalue weighted by Crippen LogP contribution is -2.11. The molecule has 0 unspecified atom stereocenters. The Morgan fingerprint density at radius 2 is 1.73 bits per heavy atom. The van der Waals surface area contributed by atoms with E-state index < -0.39 is 6.29 Å². The third kappa shape index (κ3) is 3.73. The monoisotopic (exact) mass is 158 g/mol. The molecule has 0 heterocycles. The molecule has 0 aromatic heterocycles. The molecule has 0 aromatic rings. The topological polar surface area (TPSA) is 40.5 Å². The standard InChI is InChI=1S/C9H18O2/c10-9(11)7-6-8-4-2-1-3-5-8/h8-11H,1-7H2. The van der Waals surface area contributed by atoms with E-state index in [1.54, 1.807) is 0 Å². The van der Waals surface area contributed by atoms with Crippen LogP contribution in [0.5, 0.6) is 0 Å². The maximum absolute atomic E-state index is 8.64. The van der Waals surface area contributed by atoms with E-state index in [2.05, 4.69) is 0 Å². The minimum Gasteiger partial charge on any atom is -0.368 e. The van der Waals surface area contributed by atoms with E-state index in [9.17, 15) is 0 Å². The maximum Gasteiger partial charge on any atom is 0.151 e. The molecule has 1 aliphatic carbocycles. The predicted octanol–water partition coefficient (Wildman–Crippen LogP) is 1.66. The van der Waals surface area contributed by atoms with E-state index in [1.807, 2.05) is 0 Å². The highest BCUT2D eigenvalue weighted by atomic mass is 16.5. The molecule has 1 fully saturated rings. The van der Waals surface area contributed by atoms with Gasteiger partial charge < -0.3 is 10.2 Å². The first-order chi connectivity index (χ1) is 5.29. The van der Waals surface area contributed by atoms with Gasteiger partial charge in [-0.05, 0) is 18.8 Å². The molecule has 11 heavy (non-hydrogen) atoms. The Kier molecular flexibility index (Phi) is 3.87. The lowest BCUT2D eigenvalue weighted by molar-refractivity contribution is -0.0496. The van der Waals surface area contributed by atoms with Crippen molar-refractivity contribution in [2.75, 3.05) is 0 Å². The molecule has 2 heteroatoms. The Hall–Kier alpha value is -0.0800. The fourth-order valence-corrected chi connectivity index (χ4v) is 1.86. The average Bonchev–Trinajstić information content (AvgIpc) is 2.03. The summed E-state index contributed by atoms with van der Waals surface area (Å²) in [5.74, 6) is 0.769. The maximum atomic E-state index is 8.64. The van der Waals surface area contributed by atoms with Gasteiger partial charge in [0.05, 0.1) is 0 Å². The van der Waals surface area contributed by atoms with Crippen LogP contribution in [0, 0.1) is 5.92 Å². The molecule has 2 N–H and O–H groups in total. The van der Waals surface area contributed by atoms with E-state index >= 15 is 0 Å². The van der Waals surface area contributed by atoms with E-state index in [4.69, 9.17) is 10.2 Å². The number of hydrogen-bond acceptors (Lipinski definition) is 2. The van der Waals surface area contributed by atoms with Gasteiger partial charge >= 0.3 is 0 Å². The summed E-state index contributed by atoms with van der Waals surface area (Å²) in [4.78, 5) is 0. The van der Waals surface area contributed by atoms with E-state index in [0.29, 0.717) is 6.42 Å². The minimum atomic E-state index is -1.09. The summed E-state index contributed by atoms with van der Waals surface area (Å²) >= 11 is 0. The molecule has 2 nitrogen and oxygen atoms in total. The molecule has 1 saturated carbocycles. The van der Waals surface area contributed by atoms with Crippen LogP contribution in [0.25, 0.3) is 0 Å². The van der Waals surface area contributed by atoms with Crippen molar-refractivity contribution in [1.29, 1.82) is 0 Å². The second-order valence-corrected chi connectivity index (χ2v) is 3.56. The molecule has 0 amide bonds. The fraction of sp³-hybridized carbons (Fsp3) is 1.00. The molecule has 66 valence electrons. The number of aliphatic hydroxyl groups excluding tert-OH is 1. The van der Waals surface area contributed by atoms with Crippen molar-refractivity contribution in [1.82, 2.24) is 0 Å². The van der Waals surface area contributed by atoms with Gasteiger partial charge in [0.25, 0.3) is 0 Å². The molecule has 0 radical (unpaired) electrons. The first-order valence-corrected chi connectivity index (χ1v) is 4.65. The van der Waals surface area contributed by atoms with Crippen LogP contribution in [0.2, 0.25) is 0 Å². The molecule has 0 aliphatic heterocycles. The van der Waals surface area contributed by atoms with Crippen molar-refractivity contribution in [3.8, 4) is 0 Å². The van der Waals surface area contributed by atoms with Gasteiger partial charge in [-0.25, -0.2) is 0 Å². The molecule has 0 atom stereocenters. The summed E-state index contributed by atoms with van der Waals surface area (Å²) in [5.41, 5.74) is 0. The van der Waals surface area contributed by atoms with Crippen LogP contribution < -0.4 is 0 Å². The molecular formula is C9H18O2. The Labute approximate surface area is 68.2 Å². The quantitative estimate of drug-likeness (QED) is 0.613. The summed E-state index contributed by atoms with van der Waals surface area (Å²) in [7, 11) is 0. The van der Waals surface area contributed by atoms with Crippen molar-refractivity contribution >= 4 is 0 Å². The van der Waals surface area contributed by atoms with Gasteiger partial charge in [-0.1, -0.05) is 32.1 Å². The molecule has 0 saturated heterocycles. The highest BCUT2D eigenvalue weighted by Gasteiger charge is 2.13. The van der Waals surface area contributed by atoms with Crippen LogP contribution in [-0.4, -0.2) is 16.5 Å². The fourth-order valence-electron chi connectivity index (χ4n) is 1.86. The third-order valence-corrected chi connectivity index (χ3v) is 2.56. The van der Waals surface area contributed by atoms with Gasteiger partial charge in [0.15, 0.2) is 6.29 Å². The average molecular weight is 158 g/mol. The number of aliphatic hydroxyl groups is 2. The SMILES string of the molecule is OC(O)CCC1CCCCC1. The van der Waals surface area contributed by atoms with Gasteiger partial charge in [0, 0.05) is 0 Å². The zero-order valence-corrected chi connectivity index (χ0v) is 7.00. The summed E-state index contributed by atoms with van der Waals surface area (Å²) < 4.78 is 0. The van der Waals surface area contributed by atoms with E-state index in [-0.39, 0.29) is 0 Å². The lowest BCUT2D eigenvalue weighted by Gasteiger charge is -2.21. The van der Waals surface area contributed by atoms with Gasteiger partial charge in [-0.3, -0.25) is 0 Å². The largest absolute Gasteiger partial charge is 0.368 e. The van der Waals surface area contributed by atoms with E-state index in [1.165, 1.54) is 32.1 Å². The highest BCUT2D eigenvalue weighted by molar-refractivity contribution is 4.65. The minimum absolute atomic E-state index is 0.560. The lowest BCUT2D eigenvalue weighted by atomic mass is 9.86. The molecule has 1 rings (SSSR count). The molecule has 0 aromatic carbocycles. The van der Waals surface area contributed by atoms with Crippen molar-refractivity contribution in [2.24, 2.45) is 5.92 Å². The Balaban J connectivity index is 2.05. The van der Waals surface area contributed by atoms with Gasteiger partial charge in [-0.2, -0.15) is 0 Å². The number of hydrogen-bond donors (Lipinski definition) is 2. The molecule has 1 aliphatic rings. The van der Waals surface area contributed by atoms with Gasteiger partial charge in [0.2, 0.25) is 0 Å². The third-order valence-electron chi connectivity index (χ3n) is 2.56. The summed E-state index contributed by atoms with van der Waals surface area (Å²) in [5, 5.41) is 17.3. The van der Waals surface area contributed by atoms with Gasteiger partial charge in [0.1, 0.15) is 0 Å². The van der Waals surface area contributed by atoms with Crippen LogP contribution >= 0.6 is 0 Å². The second kappa shape index (κ2) is 4.73. The highest BCUT2D eigenvalue weighted by Crippen LogP contribution is 2.27. The number of rotatable bonds is 3. The van der Waals surface area contributed by atoms with Crippen LogP contribution in [0.3, 0.4) is 0 Å². The van der Waals surface area contributed by atoms with Crippen LogP contribution in [0.15, 0.2) is 0 Å². The van der Waals surface area contributed by atoms with E-state index in [0.717, 1.165) is 12.3 Å². The van der Waals surface area contributed by atoms with Crippen molar-refractivity contribution in [3.05, 3.63) is 0 Å².